The lowest BCUT2D eigenvalue weighted by molar-refractivity contribution is -0.145. The Morgan fingerprint density at radius 3 is 1.00 bits per heavy atom. The molecule has 0 aliphatic rings. The largest absolute Gasteiger partial charge is 0.466 e. The second-order valence-corrected chi connectivity index (χ2v) is 16.8. The van der Waals surface area contributed by atoms with Gasteiger partial charge in [-0.2, -0.15) is 0 Å². The van der Waals surface area contributed by atoms with Crippen molar-refractivity contribution in [2.24, 2.45) is 17.8 Å². The van der Waals surface area contributed by atoms with Crippen LogP contribution in [0.5, 0.6) is 0 Å². The summed E-state index contributed by atoms with van der Waals surface area (Å²) in [5, 5.41) is 0. The van der Waals surface area contributed by atoms with E-state index in [9.17, 15) is 9.59 Å². The van der Waals surface area contributed by atoms with Gasteiger partial charge in [-0.3, -0.25) is 9.59 Å². The number of hydrogen-bond donors (Lipinski definition) is 0. The van der Waals surface area contributed by atoms with Gasteiger partial charge in [0.1, 0.15) is 0 Å². The van der Waals surface area contributed by atoms with E-state index in [0.717, 1.165) is 56.3 Å². The molecule has 0 aliphatic heterocycles. The van der Waals surface area contributed by atoms with E-state index >= 15 is 0 Å². The van der Waals surface area contributed by atoms with Gasteiger partial charge in [0, 0.05) is 12.8 Å². The Hall–Kier alpha value is -1.10. The second kappa shape index (κ2) is 39.6. The minimum atomic E-state index is 0.0154. The maximum atomic E-state index is 12.2. The maximum Gasteiger partial charge on any atom is 0.305 e. The van der Waals surface area contributed by atoms with E-state index in [1.807, 2.05) is 0 Å². The number of rotatable bonds is 41. The quantitative estimate of drug-likeness (QED) is 0.0462. The molecule has 0 heterocycles. The number of unbranched alkanes of at least 4 members (excludes halogenated alkanes) is 16. The van der Waals surface area contributed by atoms with Crippen LogP contribution in [-0.2, 0) is 19.1 Å². The van der Waals surface area contributed by atoms with Crippen molar-refractivity contribution >= 4 is 11.9 Å². The van der Waals surface area contributed by atoms with Gasteiger partial charge in [-0.1, -0.05) is 195 Å². The lowest BCUT2D eigenvalue weighted by atomic mass is 9.91. The SMILES string of the molecule is CCCCC(CCCC)CCOC(=O)CCCCCCCCCC(CCCCCCCCCC(=O)OCCC(CCCC)CCCC)CCN(C)C. The summed E-state index contributed by atoms with van der Waals surface area (Å²) in [6, 6.07) is 0. The maximum absolute atomic E-state index is 12.2. The van der Waals surface area contributed by atoms with E-state index in [4.69, 9.17) is 9.47 Å². The van der Waals surface area contributed by atoms with Crippen molar-refractivity contribution in [3.8, 4) is 0 Å². The van der Waals surface area contributed by atoms with Crippen LogP contribution >= 0.6 is 0 Å². The van der Waals surface area contributed by atoms with Crippen molar-refractivity contribution in [3.63, 3.8) is 0 Å². The molecule has 5 heteroatoms. The molecular formula is C47H93NO4. The van der Waals surface area contributed by atoms with Gasteiger partial charge < -0.3 is 14.4 Å². The molecule has 0 bridgehead atoms. The first-order chi connectivity index (χ1) is 25.4. The van der Waals surface area contributed by atoms with Crippen LogP contribution in [0.15, 0.2) is 0 Å². The van der Waals surface area contributed by atoms with Gasteiger partial charge in [-0.05, 0) is 70.5 Å². The van der Waals surface area contributed by atoms with Crippen LogP contribution in [0, 0.1) is 17.8 Å². The minimum absolute atomic E-state index is 0.0154. The fourth-order valence-corrected chi connectivity index (χ4v) is 7.71. The second-order valence-electron chi connectivity index (χ2n) is 16.8. The van der Waals surface area contributed by atoms with E-state index in [-0.39, 0.29) is 11.9 Å². The van der Waals surface area contributed by atoms with Gasteiger partial charge in [0.05, 0.1) is 13.2 Å². The predicted molar refractivity (Wildman–Crippen MR) is 226 cm³/mol. The molecule has 0 saturated heterocycles. The Balaban J connectivity index is 3.89. The summed E-state index contributed by atoms with van der Waals surface area (Å²) in [5.41, 5.74) is 0. The summed E-state index contributed by atoms with van der Waals surface area (Å²) in [6.45, 7) is 11.5. The van der Waals surface area contributed by atoms with Crippen LogP contribution < -0.4 is 0 Å². The van der Waals surface area contributed by atoms with Crippen molar-refractivity contribution in [3.05, 3.63) is 0 Å². The topological polar surface area (TPSA) is 55.8 Å². The Morgan fingerprint density at radius 1 is 0.385 bits per heavy atom. The standard InChI is InChI=1S/C47H93NO4/c1-7-11-29-44(30-12-8-2)38-41-51-46(49)35-27-23-19-15-17-21-25-33-43(37-40-48(5)6)34-26-22-18-16-20-24-28-36-47(50)52-42-39-45(31-13-9-3)32-14-10-4/h43-45H,7-42H2,1-6H3. The highest BCUT2D eigenvalue weighted by Gasteiger charge is 2.12. The zero-order chi connectivity index (χ0) is 38.3. The van der Waals surface area contributed by atoms with Crippen LogP contribution in [0.2, 0.25) is 0 Å². The van der Waals surface area contributed by atoms with Gasteiger partial charge in [-0.25, -0.2) is 0 Å². The number of hydrogen-bond acceptors (Lipinski definition) is 5. The normalized spacial score (nSPS) is 11.8. The zero-order valence-electron chi connectivity index (χ0n) is 36.3. The average Bonchev–Trinajstić information content (AvgIpc) is 3.13. The first-order valence-electron chi connectivity index (χ1n) is 23.3. The van der Waals surface area contributed by atoms with Gasteiger partial charge in [-0.15, -0.1) is 0 Å². The minimum Gasteiger partial charge on any atom is -0.466 e. The molecule has 0 unspecified atom stereocenters. The first kappa shape index (κ1) is 50.9. The molecule has 0 amide bonds. The molecule has 0 radical (unpaired) electrons. The van der Waals surface area contributed by atoms with Crippen molar-refractivity contribution in [2.75, 3.05) is 33.9 Å². The third-order valence-electron chi connectivity index (χ3n) is 11.4. The fraction of sp³-hybridized carbons (Fsp3) is 0.957. The van der Waals surface area contributed by atoms with Crippen LogP contribution in [0.4, 0.5) is 0 Å². The molecule has 0 aliphatic carbocycles. The van der Waals surface area contributed by atoms with Gasteiger partial charge >= 0.3 is 11.9 Å². The molecule has 52 heavy (non-hydrogen) atoms. The van der Waals surface area contributed by atoms with E-state index < -0.39 is 0 Å². The van der Waals surface area contributed by atoms with E-state index in [1.165, 1.54) is 167 Å². The van der Waals surface area contributed by atoms with Gasteiger partial charge in [0.2, 0.25) is 0 Å². The molecule has 0 aromatic rings. The van der Waals surface area contributed by atoms with E-state index in [1.54, 1.807) is 0 Å². The highest BCUT2D eigenvalue weighted by Crippen LogP contribution is 2.24. The Kier molecular flexibility index (Phi) is 38.8. The number of carbonyl (C=O) groups excluding carboxylic acids is 2. The summed E-state index contributed by atoms with van der Waals surface area (Å²) in [7, 11) is 4.40. The number of carbonyl (C=O) groups is 2. The summed E-state index contributed by atoms with van der Waals surface area (Å²) in [5.74, 6) is 2.35. The molecule has 310 valence electrons. The number of ether oxygens (including phenoxy) is 2. The molecule has 5 nitrogen and oxygen atoms in total. The van der Waals surface area contributed by atoms with Crippen molar-refractivity contribution < 1.29 is 19.1 Å². The highest BCUT2D eigenvalue weighted by molar-refractivity contribution is 5.69. The van der Waals surface area contributed by atoms with E-state index in [2.05, 4.69) is 46.7 Å². The lowest BCUT2D eigenvalue weighted by Crippen LogP contribution is -2.17. The third-order valence-corrected chi connectivity index (χ3v) is 11.4. The lowest BCUT2D eigenvalue weighted by Gasteiger charge is -2.19. The molecule has 0 rings (SSSR count). The van der Waals surface area contributed by atoms with Crippen LogP contribution in [-0.4, -0.2) is 50.7 Å². The highest BCUT2D eigenvalue weighted by atomic mass is 16.5. The predicted octanol–water partition coefficient (Wildman–Crippen LogP) is 14.4. The average molecular weight is 736 g/mol. The van der Waals surface area contributed by atoms with Crippen molar-refractivity contribution in [1.82, 2.24) is 4.90 Å². The number of nitrogens with zero attached hydrogens (tertiary/aromatic N) is 1. The Morgan fingerprint density at radius 2 is 0.673 bits per heavy atom. The Bertz CT molecular complexity index is 684. The summed E-state index contributed by atoms with van der Waals surface area (Å²) >= 11 is 0. The molecule has 0 atom stereocenters. The molecule has 0 aromatic heterocycles. The molecule has 0 saturated carbocycles. The monoisotopic (exact) mass is 736 g/mol. The van der Waals surface area contributed by atoms with Crippen LogP contribution in [0.1, 0.15) is 240 Å². The van der Waals surface area contributed by atoms with Gasteiger partial charge in [0.15, 0.2) is 0 Å². The smallest absolute Gasteiger partial charge is 0.305 e. The third kappa shape index (κ3) is 35.9. The zero-order valence-corrected chi connectivity index (χ0v) is 36.3. The van der Waals surface area contributed by atoms with Crippen molar-refractivity contribution in [2.45, 2.75) is 240 Å². The molecule has 0 spiro atoms. The number of esters is 2. The first-order valence-corrected chi connectivity index (χ1v) is 23.3. The summed E-state index contributed by atoms with van der Waals surface area (Å²) in [4.78, 5) is 26.8. The molecule has 0 N–H and O–H groups in total. The van der Waals surface area contributed by atoms with Crippen LogP contribution in [0.25, 0.3) is 0 Å². The van der Waals surface area contributed by atoms with Crippen molar-refractivity contribution in [1.29, 1.82) is 0 Å². The van der Waals surface area contributed by atoms with E-state index in [0.29, 0.717) is 26.1 Å². The molecular weight excluding hydrogens is 643 g/mol. The fourth-order valence-electron chi connectivity index (χ4n) is 7.71. The summed E-state index contributed by atoms with van der Waals surface area (Å²) < 4.78 is 11.2. The molecule has 0 fully saturated rings. The van der Waals surface area contributed by atoms with Gasteiger partial charge in [0.25, 0.3) is 0 Å². The summed E-state index contributed by atoms with van der Waals surface area (Å²) in [6.07, 6.45) is 40.2. The Labute approximate surface area is 326 Å². The van der Waals surface area contributed by atoms with Crippen LogP contribution in [0.3, 0.4) is 0 Å². The molecule has 0 aromatic carbocycles.